The predicted molar refractivity (Wildman–Crippen MR) is 110 cm³/mol. The summed E-state index contributed by atoms with van der Waals surface area (Å²) in [6.07, 6.45) is 1.99. The first-order valence-corrected chi connectivity index (χ1v) is 10.2. The van der Waals surface area contributed by atoms with E-state index in [4.69, 9.17) is 4.74 Å². The van der Waals surface area contributed by atoms with E-state index in [9.17, 15) is 9.18 Å². The fraction of sp³-hybridized carbons (Fsp3) is 0.545. The average molecular weight is 403 g/mol. The molecule has 0 aliphatic carbocycles. The lowest BCUT2D eigenvalue weighted by Gasteiger charge is -2.34. The Bertz CT molecular complexity index is 795. The van der Waals surface area contributed by atoms with Crippen LogP contribution in [-0.2, 0) is 18.3 Å². The Balaban J connectivity index is 1.56. The molecule has 0 radical (unpaired) electrons. The summed E-state index contributed by atoms with van der Waals surface area (Å²) in [7, 11) is 3.49. The molecule has 3 rings (SSSR count). The molecule has 1 aromatic carbocycles. The lowest BCUT2D eigenvalue weighted by atomic mass is 9.95. The summed E-state index contributed by atoms with van der Waals surface area (Å²) in [5.41, 5.74) is 2.19. The average Bonchev–Trinajstić information content (AvgIpc) is 3.06. The fourth-order valence-electron chi connectivity index (χ4n) is 3.81. The van der Waals surface area contributed by atoms with Gasteiger partial charge in [-0.1, -0.05) is 18.2 Å². The molecule has 6 nitrogen and oxygen atoms in total. The van der Waals surface area contributed by atoms with Gasteiger partial charge in [0.25, 0.3) is 5.91 Å². The van der Waals surface area contributed by atoms with E-state index in [1.165, 1.54) is 6.07 Å². The molecule has 1 aliphatic rings. The van der Waals surface area contributed by atoms with Crippen molar-refractivity contribution in [2.24, 2.45) is 13.0 Å². The number of aromatic nitrogens is 2. The Hall–Kier alpha value is -2.25. The van der Waals surface area contributed by atoms with Gasteiger partial charge in [0, 0.05) is 45.0 Å². The molecule has 0 bridgehead atoms. The number of carbonyl (C=O) groups excluding carboxylic acids is 1. The lowest BCUT2D eigenvalue weighted by molar-refractivity contribution is 0.0611. The highest BCUT2D eigenvalue weighted by Gasteiger charge is 2.26. The lowest BCUT2D eigenvalue weighted by Crippen LogP contribution is -2.42. The van der Waals surface area contributed by atoms with E-state index >= 15 is 0 Å². The molecule has 2 heterocycles. The van der Waals surface area contributed by atoms with Crippen LogP contribution >= 0.6 is 0 Å². The van der Waals surface area contributed by atoms with Crippen LogP contribution in [0.4, 0.5) is 4.39 Å². The second-order valence-electron chi connectivity index (χ2n) is 7.85. The number of benzene rings is 1. The number of ether oxygens (including phenoxy) is 1. The van der Waals surface area contributed by atoms with Crippen LogP contribution in [0, 0.1) is 18.7 Å². The van der Waals surface area contributed by atoms with Gasteiger partial charge in [0.2, 0.25) is 0 Å². The number of halogens is 1. The Morgan fingerprint density at radius 2 is 2.03 bits per heavy atom. The largest absolute Gasteiger partial charge is 0.383 e. The van der Waals surface area contributed by atoms with Gasteiger partial charge in [0.05, 0.1) is 6.61 Å². The molecule has 0 N–H and O–H groups in total. The zero-order chi connectivity index (χ0) is 20.8. The SMILES string of the molecule is COCCN(CC1CCN(Cc2ccccc2F)CC1)C(=O)c1cc(C)n(C)n1. The summed E-state index contributed by atoms with van der Waals surface area (Å²) in [6, 6.07) is 8.80. The number of nitrogens with zero attached hydrogens (tertiary/aromatic N) is 4. The maximum Gasteiger partial charge on any atom is 0.274 e. The normalized spacial score (nSPS) is 15.6. The summed E-state index contributed by atoms with van der Waals surface area (Å²) in [6.45, 7) is 6.16. The molecule has 0 saturated carbocycles. The quantitative estimate of drug-likeness (QED) is 0.681. The number of carbonyl (C=O) groups is 1. The summed E-state index contributed by atoms with van der Waals surface area (Å²) in [4.78, 5) is 17.1. The van der Waals surface area contributed by atoms with E-state index in [0.29, 0.717) is 37.9 Å². The molecule has 1 amide bonds. The molecule has 1 aliphatic heterocycles. The van der Waals surface area contributed by atoms with Gasteiger partial charge in [-0.05, 0) is 50.9 Å². The van der Waals surface area contributed by atoms with Crippen LogP contribution in [0.15, 0.2) is 30.3 Å². The first kappa shape index (κ1) is 21.5. The van der Waals surface area contributed by atoms with E-state index in [1.807, 2.05) is 37.1 Å². The summed E-state index contributed by atoms with van der Waals surface area (Å²) in [5, 5.41) is 4.34. The van der Waals surface area contributed by atoms with Crippen LogP contribution in [0.2, 0.25) is 0 Å². The van der Waals surface area contributed by atoms with Gasteiger partial charge < -0.3 is 9.64 Å². The van der Waals surface area contributed by atoms with Crippen LogP contribution < -0.4 is 0 Å². The third-order valence-electron chi connectivity index (χ3n) is 5.72. The Kier molecular flexibility index (Phi) is 7.39. The molecule has 0 spiro atoms. The van der Waals surface area contributed by atoms with Crippen molar-refractivity contribution in [3.05, 3.63) is 53.1 Å². The van der Waals surface area contributed by atoms with E-state index in [2.05, 4.69) is 10.00 Å². The van der Waals surface area contributed by atoms with Gasteiger partial charge in [-0.15, -0.1) is 0 Å². The van der Waals surface area contributed by atoms with Crippen molar-refractivity contribution in [2.75, 3.05) is 39.9 Å². The Morgan fingerprint density at radius 1 is 1.31 bits per heavy atom. The molecule has 7 heteroatoms. The number of likely N-dealkylation sites (tertiary alicyclic amines) is 1. The Labute approximate surface area is 172 Å². The van der Waals surface area contributed by atoms with Gasteiger partial charge in [-0.3, -0.25) is 14.4 Å². The second kappa shape index (κ2) is 9.98. The highest BCUT2D eigenvalue weighted by molar-refractivity contribution is 5.92. The maximum absolute atomic E-state index is 13.9. The smallest absolute Gasteiger partial charge is 0.274 e. The number of methoxy groups -OCH3 is 1. The van der Waals surface area contributed by atoms with Crippen LogP contribution in [0.1, 0.15) is 34.6 Å². The fourth-order valence-corrected chi connectivity index (χ4v) is 3.81. The minimum atomic E-state index is -0.142. The van der Waals surface area contributed by atoms with Gasteiger partial charge in [0.15, 0.2) is 5.69 Å². The van der Waals surface area contributed by atoms with E-state index < -0.39 is 0 Å². The molecule has 0 atom stereocenters. The van der Waals surface area contributed by atoms with E-state index in [0.717, 1.165) is 37.2 Å². The minimum absolute atomic E-state index is 0.0421. The van der Waals surface area contributed by atoms with Crippen molar-refractivity contribution in [3.8, 4) is 0 Å². The topological polar surface area (TPSA) is 50.6 Å². The standard InChI is InChI=1S/C22H31FN4O2/c1-17-14-21(24-25(17)2)22(28)27(12-13-29-3)15-18-8-10-26(11-9-18)16-19-6-4-5-7-20(19)23/h4-7,14,18H,8-13,15-16H2,1-3H3. The Morgan fingerprint density at radius 3 is 2.66 bits per heavy atom. The van der Waals surface area contributed by atoms with Crippen molar-refractivity contribution in [1.29, 1.82) is 0 Å². The highest BCUT2D eigenvalue weighted by Crippen LogP contribution is 2.22. The van der Waals surface area contributed by atoms with Crippen molar-refractivity contribution in [1.82, 2.24) is 19.6 Å². The predicted octanol–water partition coefficient (Wildman–Crippen LogP) is 2.87. The summed E-state index contributed by atoms with van der Waals surface area (Å²) >= 11 is 0. The molecule has 1 fully saturated rings. The summed E-state index contributed by atoms with van der Waals surface area (Å²) in [5.74, 6) is 0.244. The number of hydrogen-bond acceptors (Lipinski definition) is 4. The molecule has 0 unspecified atom stereocenters. The highest BCUT2D eigenvalue weighted by atomic mass is 19.1. The molecular formula is C22H31FN4O2. The monoisotopic (exact) mass is 402 g/mol. The van der Waals surface area contributed by atoms with Gasteiger partial charge in [-0.25, -0.2) is 4.39 Å². The minimum Gasteiger partial charge on any atom is -0.383 e. The summed E-state index contributed by atoms with van der Waals surface area (Å²) < 4.78 is 20.8. The van der Waals surface area contributed by atoms with Crippen molar-refractivity contribution < 1.29 is 13.9 Å². The molecular weight excluding hydrogens is 371 g/mol. The van der Waals surface area contributed by atoms with Crippen LogP contribution in [0.3, 0.4) is 0 Å². The number of hydrogen-bond donors (Lipinski definition) is 0. The zero-order valence-electron chi connectivity index (χ0n) is 17.6. The number of aryl methyl sites for hydroxylation is 2. The molecule has 2 aromatic rings. The molecule has 1 aromatic heterocycles. The third kappa shape index (κ3) is 5.64. The molecule has 29 heavy (non-hydrogen) atoms. The molecule has 1 saturated heterocycles. The van der Waals surface area contributed by atoms with Gasteiger partial charge in [-0.2, -0.15) is 5.10 Å². The van der Waals surface area contributed by atoms with Crippen LogP contribution in [-0.4, -0.2) is 65.4 Å². The number of piperidine rings is 1. The molecule has 158 valence electrons. The van der Waals surface area contributed by atoms with E-state index in [1.54, 1.807) is 17.9 Å². The zero-order valence-corrected chi connectivity index (χ0v) is 17.6. The maximum atomic E-state index is 13.9. The number of rotatable bonds is 8. The second-order valence-corrected chi connectivity index (χ2v) is 7.85. The first-order chi connectivity index (χ1) is 14.0. The van der Waals surface area contributed by atoms with Gasteiger partial charge in [0.1, 0.15) is 5.82 Å². The van der Waals surface area contributed by atoms with Crippen LogP contribution in [0.25, 0.3) is 0 Å². The van der Waals surface area contributed by atoms with Crippen molar-refractivity contribution >= 4 is 5.91 Å². The third-order valence-corrected chi connectivity index (χ3v) is 5.72. The van der Waals surface area contributed by atoms with E-state index in [-0.39, 0.29) is 11.7 Å². The van der Waals surface area contributed by atoms with Crippen molar-refractivity contribution in [3.63, 3.8) is 0 Å². The van der Waals surface area contributed by atoms with Crippen LogP contribution in [0.5, 0.6) is 0 Å². The first-order valence-electron chi connectivity index (χ1n) is 10.2. The van der Waals surface area contributed by atoms with Crippen molar-refractivity contribution in [2.45, 2.75) is 26.3 Å². The number of amides is 1. The van der Waals surface area contributed by atoms with Gasteiger partial charge >= 0.3 is 0 Å².